The zero-order valence-corrected chi connectivity index (χ0v) is 11.5. The van der Waals surface area contributed by atoms with Crippen LogP contribution in [0.5, 0.6) is 0 Å². The molecule has 0 radical (unpaired) electrons. The second kappa shape index (κ2) is 4.80. The quantitative estimate of drug-likeness (QED) is 0.834. The lowest BCUT2D eigenvalue weighted by atomic mass is 10.2. The first-order valence-electron chi connectivity index (χ1n) is 5.27. The molecule has 1 aromatic heterocycles. The minimum absolute atomic E-state index is 0.662. The van der Waals surface area contributed by atoms with Gasteiger partial charge in [-0.15, -0.1) is 0 Å². The molecule has 0 aliphatic carbocycles. The molecule has 0 atom stereocenters. The Morgan fingerprint density at radius 3 is 2.47 bits per heavy atom. The van der Waals surface area contributed by atoms with E-state index in [2.05, 4.69) is 44.6 Å². The van der Waals surface area contributed by atoms with Crippen molar-refractivity contribution in [2.75, 3.05) is 31.1 Å². The number of nitrogens with zero attached hydrogens (tertiary/aromatic N) is 3. The topological polar surface area (TPSA) is 19.4 Å². The van der Waals surface area contributed by atoms with E-state index in [-0.39, 0.29) is 0 Å². The van der Waals surface area contributed by atoms with Crippen molar-refractivity contribution in [3.63, 3.8) is 0 Å². The summed E-state index contributed by atoms with van der Waals surface area (Å²) in [6, 6.07) is 0.662. The number of thiazole rings is 1. The monoisotopic (exact) mass is 289 g/mol. The van der Waals surface area contributed by atoms with Crippen molar-refractivity contribution in [2.45, 2.75) is 19.9 Å². The second-order valence-electron chi connectivity index (χ2n) is 4.06. The number of piperazine rings is 1. The second-order valence-corrected chi connectivity index (χ2v) is 6.45. The van der Waals surface area contributed by atoms with Gasteiger partial charge < -0.3 is 4.90 Å². The van der Waals surface area contributed by atoms with Crippen LogP contribution in [0.4, 0.5) is 5.13 Å². The van der Waals surface area contributed by atoms with E-state index in [1.165, 1.54) is 0 Å². The minimum atomic E-state index is 0.662. The summed E-state index contributed by atoms with van der Waals surface area (Å²) in [6.45, 7) is 9.01. The highest BCUT2D eigenvalue weighted by atomic mass is 79.9. The van der Waals surface area contributed by atoms with Crippen LogP contribution in [0.25, 0.3) is 0 Å². The van der Waals surface area contributed by atoms with Crippen molar-refractivity contribution in [1.82, 2.24) is 9.88 Å². The Bertz CT molecular complexity index is 318. The largest absolute Gasteiger partial charge is 0.345 e. The van der Waals surface area contributed by atoms with E-state index in [1.54, 1.807) is 11.3 Å². The van der Waals surface area contributed by atoms with Gasteiger partial charge in [-0.1, -0.05) is 11.3 Å². The average molecular weight is 290 g/mol. The summed E-state index contributed by atoms with van der Waals surface area (Å²) in [5, 5.41) is 1.14. The van der Waals surface area contributed by atoms with Crippen molar-refractivity contribution in [3.05, 3.63) is 9.98 Å². The van der Waals surface area contributed by atoms with Crippen LogP contribution in [-0.2, 0) is 0 Å². The third-order valence-corrected chi connectivity index (χ3v) is 4.32. The predicted molar refractivity (Wildman–Crippen MR) is 68.7 cm³/mol. The highest BCUT2D eigenvalue weighted by Crippen LogP contribution is 2.27. The van der Waals surface area contributed by atoms with E-state index < -0.39 is 0 Å². The van der Waals surface area contributed by atoms with E-state index in [4.69, 9.17) is 0 Å². The lowest BCUT2D eigenvalue weighted by Gasteiger charge is -2.36. The first-order chi connectivity index (χ1) is 7.16. The van der Waals surface area contributed by atoms with Crippen LogP contribution in [0, 0.1) is 0 Å². The van der Waals surface area contributed by atoms with Crippen LogP contribution >= 0.6 is 27.3 Å². The van der Waals surface area contributed by atoms with E-state index in [0.717, 1.165) is 35.1 Å². The number of hydrogen-bond acceptors (Lipinski definition) is 4. The summed E-state index contributed by atoms with van der Waals surface area (Å²) in [7, 11) is 0. The number of rotatable bonds is 2. The van der Waals surface area contributed by atoms with Gasteiger partial charge >= 0.3 is 0 Å². The molecular formula is C10H16BrN3S. The number of halogens is 1. The molecule has 2 heterocycles. The fourth-order valence-corrected chi connectivity index (χ4v) is 3.06. The average Bonchev–Trinajstić information content (AvgIpc) is 2.65. The molecule has 5 heteroatoms. The van der Waals surface area contributed by atoms with Crippen LogP contribution in [0.1, 0.15) is 13.8 Å². The van der Waals surface area contributed by atoms with Crippen LogP contribution < -0.4 is 4.90 Å². The molecule has 84 valence electrons. The van der Waals surface area contributed by atoms with Crippen LogP contribution in [0.3, 0.4) is 0 Å². The minimum Gasteiger partial charge on any atom is -0.345 e. The SMILES string of the molecule is CC(C)N1CCN(c2ncc(Br)s2)CC1. The normalized spacial score (nSPS) is 18.8. The molecule has 0 aromatic carbocycles. The highest BCUT2D eigenvalue weighted by molar-refractivity contribution is 9.11. The van der Waals surface area contributed by atoms with Crippen molar-refractivity contribution < 1.29 is 0 Å². The number of aromatic nitrogens is 1. The predicted octanol–water partition coefficient (Wildman–Crippen LogP) is 2.44. The molecular weight excluding hydrogens is 274 g/mol. The van der Waals surface area contributed by atoms with Crippen LogP contribution in [-0.4, -0.2) is 42.1 Å². The van der Waals surface area contributed by atoms with Gasteiger partial charge in [0.1, 0.15) is 0 Å². The molecule has 0 unspecified atom stereocenters. The van der Waals surface area contributed by atoms with Gasteiger partial charge in [-0.25, -0.2) is 4.98 Å². The molecule has 2 rings (SSSR count). The maximum Gasteiger partial charge on any atom is 0.186 e. The summed E-state index contributed by atoms with van der Waals surface area (Å²) in [4.78, 5) is 9.27. The standard InChI is InChI=1S/C10H16BrN3S/c1-8(2)13-3-5-14(6-4-13)10-12-7-9(11)15-10/h7-8H,3-6H2,1-2H3. The zero-order valence-electron chi connectivity index (χ0n) is 9.11. The van der Waals surface area contributed by atoms with Gasteiger partial charge in [0.25, 0.3) is 0 Å². The first-order valence-corrected chi connectivity index (χ1v) is 6.88. The molecule has 1 aromatic rings. The van der Waals surface area contributed by atoms with Gasteiger partial charge in [-0.2, -0.15) is 0 Å². The van der Waals surface area contributed by atoms with Crippen molar-refractivity contribution in [1.29, 1.82) is 0 Å². The summed E-state index contributed by atoms with van der Waals surface area (Å²) in [6.07, 6.45) is 1.88. The summed E-state index contributed by atoms with van der Waals surface area (Å²) < 4.78 is 1.11. The molecule has 15 heavy (non-hydrogen) atoms. The molecule has 3 nitrogen and oxygen atoms in total. The molecule has 1 saturated heterocycles. The van der Waals surface area contributed by atoms with E-state index in [9.17, 15) is 0 Å². The Kier molecular flexibility index (Phi) is 3.64. The third kappa shape index (κ3) is 2.71. The van der Waals surface area contributed by atoms with E-state index in [0.29, 0.717) is 6.04 Å². The van der Waals surface area contributed by atoms with E-state index in [1.807, 2.05) is 6.20 Å². The molecule has 1 aliphatic heterocycles. The first kappa shape index (κ1) is 11.4. The van der Waals surface area contributed by atoms with Gasteiger partial charge in [0.2, 0.25) is 0 Å². The molecule has 1 aliphatic rings. The zero-order chi connectivity index (χ0) is 10.8. The van der Waals surface area contributed by atoms with Gasteiger partial charge in [0.15, 0.2) is 5.13 Å². The summed E-state index contributed by atoms with van der Waals surface area (Å²) >= 11 is 5.17. The third-order valence-electron chi connectivity index (χ3n) is 2.78. The van der Waals surface area contributed by atoms with Gasteiger partial charge in [0, 0.05) is 32.2 Å². The molecule has 0 bridgehead atoms. The van der Waals surface area contributed by atoms with E-state index >= 15 is 0 Å². The molecule has 1 fully saturated rings. The van der Waals surface area contributed by atoms with Gasteiger partial charge in [0.05, 0.1) is 9.98 Å². The maximum absolute atomic E-state index is 4.39. The van der Waals surface area contributed by atoms with Gasteiger partial charge in [-0.3, -0.25) is 4.90 Å². The summed E-state index contributed by atoms with van der Waals surface area (Å²) in [5.74, 6) is 0. The molecule has 0 spiro atoms. The Morgan fingerprint density at radius 2 is 2.00 bits per heavy atom. The Hall–Kier alpha value is -0.130. The van der Waals surface area contributed by atoms with Crippen molar-refractivity contribution in [3.8, 4) is 0 Å². The van der Waals surface area contributed by atoms with Gasteiger partial charge in [-0.05, 0) is 29.8 Å². The fourth-order valence-electron chi connectivity index (χ4n) is 1.82. The molecule has 0 N–H and O–H groups in total. The Balaban J connectivity index is 1.93. The smallest absolute Gasteiger partial charge is 0.186 e. The Labute approximate surface area is 103 Å². The summed E-state index contributed by atoms with van der Waals surface area (Å²) in [5.41, 5.74) is 0. The lowest BCUT2D eigenvalue weighted by Crippen LogP contribution is -2.48. The number of hydrogen-bond donors (Lipinski definition) is 0. The maximum atomic E-state index is 4.39. The number of anilines is 1. The molecule has 0 amide bonds. The van der Waals surface area contributed by atoms with Crippen molar-refractivity contribution in [2.24, 2.45) is 0 Å². The fraction of sp³-hybridized carbons (Fsp3) is 0.700. The lowest BCUT2D eigenvalue weighted by molar-refractivity contribution is 0.209. The highest BCUT2D eigenvalue weighted by Gasteiger charge is 2.20. The van der Waals surface area contributed by atoms with Crippen molar-refractivity contribution >= 4 is 32.4 Å². The Morgan fingerprint density at radius 1 is 1.33 bits per heavy atom. The molecule has 0 saturated carbocycles. The van der Waals surface area contributed by atoms with Crippen LogP contribution in [0.2, 0.25) is 0 Å². The van der Waals surface area contributed by atoms with Crippen LogP contribution in [0.15, 0.2) is 9.98 Å².